The lowest BCUT2D eigenvalue weighted by Crippen LogP contribution is -2.37. The molecule has 2 N–H and O–H groups in total. The highest BCUT2D eigenvalue weighted by molar-refractivity contribution is 7.07. The number of ether oxygens (including phenoxy) is 3. The van der Waals surface area contributed by atoms with Gasteiger partial charge in [-0.3, -0.25) is 14.2 Å². The summed E-state index contributed by atoms with van der Waals surface area (Å²) in [5.41, 5.74) is 6.47. The van der Waals surface area contributed by atoms with Crippen LogP contribution in [0.1, 0.15) is 25.6 Å². The van der Waals surface area contributed by atoms with Crippen molar-refractivity contribution in [3.05, 3.63) is 39.1 Å². The van der Waals surface area contributed by atoms with Gasteiger partial charge in [-0.1, -0.05) is 0 Å². The number of nitrogens with zero attached hydrogens (tertiary/aromatic N) is 4. The lowest BCUT2D eigenvalue weighted by Gasteiger charge is -2.19. The zero-order valence-electron chi connectivity index (χ0n) is 17.1. The largest absolute Gasteiger partial charge is 0.463 e. The van der Waals surface area contributed by atoms with E-state index < -0.39 is 48.8 Å². The second-order valence-electron chi connectivity index (χ2n) is 7.19. The van der Waals surface area contributed by atoms with E-state index in [-0.39, 0.29) is 18.1 Å². The number of alkyl halides is 1. The Morgan fingerprint density at radius 2 is 2.12 bits per heavy atom. The Kier molecular flexibility index (Phi) is 5.93. The van der Waals surface area contributed by atoms with E-state index in [1.807, 2.05) is 16.8 Å². The second-order valence-corrected chi connectivity index (χ2v) is 7.97. The van der Waals surface area contributed by atoms with E-state index in [1.54, 1.807) is 0 Å². The first kappa shape index (κ1) is 21.9. The van der Waals surface area contributed by atoms with E-state index >= 15 is 4.39 Å². The topological polar surface area (TPSA) is 141 Å². The summed E-state index contributed by atoms with van der Waals surface area (Å²) >= 11 is 1.47. The molecule has 4 atom stereocenters. The van der Waals surface area contributed by atoms with Gasteiger partial charge in [-0.2, -0.15) is 16.3 Å². The van der Waals surface area contributed by atoms with Crippen molar-refractivity contribution < 1.29 is 28.2 Å². The standard InChI is InChI=1S/C19H20FN5O6S/c1-9(26)29-7-13-14(20)15(30-10(2)27)17(31-13)25-16-12(5-22-18(21)23-16)24(19(25)28)6-11-3-4-32-8-11/h3-5,8,13-15,17H,6-7H2,1-2H3,(H2,21,22,23)/t13-,14-,15-,17-/m1/s1. The SMILES string of the molecule is CC(=O)OC[C@H]1O[C@@H](n2c(=O)n(Cc3ccsc3)c3cnc(N)nc32)[C@H](OC(C)=O)[C@@H]1F. The number of fused-ring (bicyclic) bond motifs is 1. The molecule has 0 saturated carbocycles. The van der Waals surface area contributed by atoms with Crippen LogP contribution in [0.2, 0.25) is 0 Å². The van der Waals surface area contributed by atoms with E-state index in [9.17, 15) is 14.4 Å². The molecule has 1 aliphatic rings. The van der Waals surface area contributed by atoms with Crippen molar-refractivity contribution in [1.29, 1.82) is 0 Å². The molecule has 0 spiro atoms. The minimum Gasteiger partial charge on any atom is -0.463 e. The maximum atomic E-state index is 15.2. The molecule has 3 aromatic heterocycles. The van der Waals surface area contributed by atoms with Gasteiger partial charge in [0.25, 0.3) is 0 Å². The van der Waals surface area contributed by atoms with Gasteiger partial charge in [-0.25, -0.2) is 18.7 Å². The van der Waals surface area contributed by atoms with Crippen LogP contribution in [0.15, 0.2) is 27.8 Å². The quantitative estimate of drug-likeness (QED) is 0.528. The van der Waals surface area contributed by atoms with Gasteiger partial charge in [0, 0.05) is 13.8 Å². The first-order chi connectivity index (χ1) is 15.3. The van der Waals surface area contributed by atoms with E-state index in [0.717, 1.165) is 17.1 Å². The normalized spacial score (nSPS) is 22.8. The molecule has 4 rings (SSSR count). The Balaban J connectivity index is 1.81. The number of hydrogen-bond acceptors (Lipinski definition) is 10. The molecule has 0 aromatic carbocycles. The Labute approximate surface area is 184 Å². The summed E-state index contributed by atoms with van der Waals surface area (Å²) in [6.45, 7) is 2.08. The number of carbonyl (C=O) groups excluding carboxylic acids is 2. The van der Waals surface area contributed by atoms with Crippen molar-refractivity contribution in [2.45, 2.75) is 45.0 Å². The van der Waals surface area contributed by atoms with Gasteiger partial charge in [0.05, 0.1) is 12.7 Å². The van der Waals surface area contributed by atoms with Gasteiger partial charge in [-0.05, 0) is 22.4 Å². The van der Waals surface area contributed by atoms with E-state index in [4.69, 9.17) is 19.9 Å². The Bertz CT molecular complexity index is 1210. The number of halogens is 1. The van der Waals surface area contributed by atoms with E-state index in [0.29, 0.717) is 5.52 Å². The molecule has 170 valence electrons. The molecule has 11 nitrogen and oxygen atoms in total. The summed E-state index contributed by atoms with van der Waals surface area (Å²) in [5, 5.41) is 3.76. The van der Waals surface area contributed by atoms with Crippen molar-refractivity contribution >= 4 is 40.4 Å². The zero-order valence-corrected chi connectivity index (χ0v) is 18.0. The fourth-order valence-electron chi connectivity index (χ4n) is 3.57. The first-order valence-corrected chi connectivity index (χ1v) is 10.5. The van der Waals surface area contributed by atoms with Crippen molar-refractivity contribution in [2.75, 3.05) is 12.3 Å². The number of rotatable bonds is 6. The average molecular weight is 465 g/mol. The first-order valence-electron chi connectivity index (χ1n) is 9.60. The highest BCUT2D eigenvalue weighted by Gasteiger charge is 2.50. The van der Waals surface area contributed by atoms with Gasteiger partial charge < -0.3 is 19.9 Å². The number of anilines is 1. The predicted molar refractivity (Wildman–Crippen MR) is 111 cm³/mol. The number of carbonyl (C=O) groups is 2. The van der Waals surface area contributed by atoms with Crippen LogP contribution in [0, 0.1) is 0 Å². The van der Waals surface area contributed by atoms with Crippen molar-refractivity contribution in [2.24, 2.45) is 0 Å². The van der Waals surface area contributed by atoms with Crippen molar-refractivity contribution in [3.63, 3.8) is 0 Å². The number of hydrogen-bond donors (Lipinski definition) is 1. The van der Waals surface area contributed by atoms with Gasteiger partial charge in [0.2, 0.25) is 5.95 Å². The minimum absolute atomic E-state index is 0.0974. The third-order valence-electron chi connectivity index (χ3n) is 4.92. The number of imidazole rings is 1. The van der Waals surface area contributed by atoms with Gasteiger partial charge in [0.15, 0.2) is 24.2 Å². The summed E-state index contributed by atoms with van der Waals surface area (Å²) in [6.07, 6.45) is -4.55. The molecular weight excluding hydrogens is 445 g/mol. The van der Waals surface area contributed by atoms with Crippen LogP contribution in [0.3, 0.4) is 0 Å². The molecule has 0 radical (unpaired) electrons. The number of nitrogen functional groups attached to an aromatic ring is 1. The molecule has 0 unspecified atom stereocenters. The Morgan fingerprint density at radius 3 is 2.78 bits per heavy atom. The van der Waals surface area contributed by atoms with Crippen LogP contribution < -0.4 is 11.4 Å². The van der Waals surface area contributed by atoms with Crippen LogP contribution in [0.4, 0.5) is 10.3 Å². The number of thiophene rings is 1. The highest BCUT2D eigenvalue weighted by Crippen LogP contribution is 2.35. The molecule has 1 saturated heterocycles. The fourth-order valence-corrected chi connectivity index (χ4v) is 4.23. The minimum atomic E-state index is -1.86. The van der Waals surface area contributed by atoms with Crippen LogP contribution in [0.5, 0.6) is 0 Å². The monoisotopic (exact) mass is 465 g/mol. The summed E-state index contributed by atoms with van der Waals surface area (Å²) in [7, 11) is 0. The van der Waals surface area contributed by atoms with Crippen LogP contribution in [0.25, 0.3) is 11.2 Å². The highest BCUT2D eigenvalue weighted by atomic mass is 32.1. The van der Waals surface area contributed by atoms with Gasteiger partial charge in [0.1, 0.15) is 18.2 Å². The third kappa shape index (κ3) is 4.08. The Hall–Kier alpha value is -3.32. The molecular formula is C19H20FN5O6S. The van der Waals surface area contributed by atoms with Crippen molar-refractivity contribution in [3.8, 4) is 0 Å². The van der Waals surface area contributed by atoms with Gasteiger partial charge in [-0.15, -0.1) is 0 Å². The predicted octanol–water partition coefficient (Wildman–Crippen LogP) is 1.02. The maximum Gasteiger partial charge on any atom is 0.332 e. The molecule has 13 heteroatoms. The fraction of sp³-hybridized carbons (Fsp3) is 0.421. The second kappa shape index (κ2) is 8.67. The molecule has 3 aromatic rings. The molecule has 32 heavy (non-hydrogen) atoms. The summed E-state index contributed by atoms with van der Waals surface area (Å²) < 4.78 is 33.4. The Morgan fingerprint density at radius 1 is 1.34 bits per heavy atom. The van der Waals surface area contributed by atoms with Gasteiger partial charge >= 0.3 is 17.6 Å². The molecule has 1 fully saturated rings. The number of aromatic nitrogens is 4. The lowest BCUT2D eigenvalue weighted by molar-refractivity contribution is -0.154. The maximum absolute atomic E-state index is 15.2. The van der Waals surface area contributed by atoms with Crippen LogP contribution in [-0.2, 0) is 30.3 Å². The smallest absolute Gasteiger partial charge is 0.332 e. The summed E-state index contributed by atoms with van der Waals surface area (Å²) in [6, 6.07) is 1.86. The molecule has 0 aliphatic carbocycles. The summed E-state index contributed by atoms with van der Waals surface area (Å²) in [4.78, 5) is 44.3. The van der Waals surface area contributed by atoms with Crippen LogP contribution >= 0.6 is 11.3 Å². The van der Waals surface area contributed by atoms with E-state index in [2.05, 4.69) is 9.97 Å². The third-order valence-corrected chi connectivity index (χ3v) is 5.65. The van der Waals surface area contributed by atoms with Crippen molar-refractivity contribution in [1.82, 2.24) is 19.1 Å². The molecule has 1 aliphatic heterocycles. The summed E-state index contributed by atoms with van der Waals surface area (Å²) in [5.74, 6) is -1.49. The molecule has 0 amide bonds. The molecule has 4 heterocycles. The average Bonchev–Trinajstić information content (AvgIpc) is 3.40. The molecule has 0 bridgehead atoms. The number of esters is 2. The van der Waals surface area contributed by atoms with Crippen LogP contribution in [-0.4, -0.2) is 56.0 Å². The lowest BCUT2D eigenvalue weighted by atomic mass is 10.1. The van der Waals surface area contributed by atoms with E-state index in [1.165, 1.54) is 29.0 Å². The zero-order chi connectivity index (χ0) is 23.0. The number of nitrogens with two attached hydrogens (primary N) is 1.